The topological polar surface area (TPSA) is 39.4 Å². The summed E-state index contributed by atoms with van der Waals surface area (Å²) in [6, 6.07) is 6.52. The zero-order valence-corrected chi connectivity index (χ0v) is 13.8. The molecular weight excluding hydrogens is 350 g/mol. The Morgan fingerprint density at radius 2 is 1.92 bits per heavy atom. The van der Waals surface area contributed by atoms with Gasteiger partial charge in [0.05, 0.1) is 5.02 Å². The molecular formula is C19H13ClF2O3. The highest BCUT2D eigenvalue weighted by Gasteiger charge is 2.21. The van der Waals surface area contributed by atoms with Crippen LogP contribution in [0.1, 0.15) is 23.1 Å². The lowest BCUT2D eigenvalue weighted by Crippen LogP contribution is -2.07. The van der Waals surface area contributed by atoms with Crippen molar-refractivity contribution in [1.82, 2.24) is 0 Å². The predicted molar refractivity (Wildman–Crippen MR) is 90.2 cm³/mol. The maximum atomic E-state index is 13.7. The van der Waals surface area contributed by atoms with Crippen molar-refractivity contribution in [2.45, 2.75) is 25.9 Å². The molecule has 0 spiro atoms. The summed E-state index contributed by atoms with van der Waals surface area (Å²) in [4.78, 5) is 12.1. The molecule has 0 saturated carbocycles. The van der Waals surface area contributed by atoms with Gasteiger partial charge in [0.2, 0.25) is 0 Å². The Bertz CT molecular complexity index is 1040. The Kier molecular flexibility index (Phi) is 3.96. The van der Waals surface area contributed by atoms with Crippen molar-refractivity contribution in [3.8, 4) is 5.75 Å². The lowest BCUT2D eigenvalue weighted by molar-refractivity contribution is 0.299. The van der Waals surface area contributed by atoms with Crippen molar-refractivity contribution in [3.05, 3.63) is 74.1 Å². The van der Waals surface area contributed by atoms with E-state index in [1.165, 1.54) is 6.07 Å². The van der Waals surface area contributed by atoms with E-state index < -0.39 is 11.6 Å². The zero-order chi connectivity index (χ0) is 17.6. The molecule has 0 unspecified atom stereocenters. The maximum Gasteiger partial charge on any atom is 0.339 e. The predicted octanol–water partition coefficient (Wildman–Crippen LogP) is 4.79. The van der Waals surface area contributed by atoms with Gasteiger partial charge in [0.25, 0.3) is 0 Å². The summed E-state index contributed by atoms with van der Waals surface area (Å²) in [6.45, 7) is -0.119. The third-order valence-electron chi connectivity index (χ3n) is 4.42. The van der Waals surface area contributed by atoms with Crippen molar-refractivity contribution in [3.63, 3.8) is 0 Å². The summed E-state index contributed by atoms with van der Waals surface area (Å²) in [5.41, 5.74) is 1.95. The maximum absolute atomic E-state index is 13.7. The smallest absolute Gasteiger partial charge is 0.339 e. The van der Waals surface area contributed by atoms with Gasteiger partial charge in [-0.05, 0) is 43.0 Å². The first kappa shape index (κ1) is 16.1. The molecule has 6 heteroatoms. The second kappa shape index (κ2) is 6.15. The van der Waals surface area contributed by atoms with Crippen LogP contribution in [-0.2, 0) is 19.4 Å². The molecule has 25 heavy (non-hydrogen) atoms. The summed E-state index contributed by atoms with van der Waals surface area (Å²) in [5, 5.41) is 1.15. The van der Waals surface area contributed by atoms with Gasteiger partial charge in [0, 0.05) is 28.6 Å². The third-order valence-corrected chi connectivity index (χ3v) is 4.72. The van der Waals surface area contributed by atoms with Gasteiger partial charge in [0.1, 0.15) is 29.6 Å². The summed E-state index contributed by atoms with van der Waals surface area (Å²) < 4.78 is 37.6. The Morgan fingerprint density at radius 1 is 1.12 bits per heavy atom. The minimum atomic E-state index is -0.693. The van der Waals surface area contributed by atoms with E-state index in [1.54, 1.807) is 12.1 Å². The van der Waals surface area contributed by atoms with Crippen LogP contribution in [0.15, 0.2) is 39.5 Å². The average molecular weight is 363 g/mol. The molecule has 0 aliphatic heterocycles. The van der Waals surface area contributed by atoms with E-state index >= 15 is 0 Å². The standard InChI is InChI=1S/C19H13ClF2O3/c20-15-7-14-12-2-1-3-13(12)19(23)25-17(14)8-18(15)24-9-10-4-5-11(21)6-16(10)22/h4-8H,1-3,9H2. The molecule has 1 aliphatic carbocycles. The summed E-state index contributed by atoms with van der Waals surface area (Å²) in [7, 11) is 0. The van der Waals surface area contributed by atoms with Crippen LogP contribution in [0, 0.1) is 11.6 Å². The minimum absolute atomic E-state index is 0.119. The molecule has 1 aliphatic rings. The van der Waals surface area contributed by atoms with E-state index in [0.29, 0.717) is 22.6 Å². The molecule has 2 aromatic carbocycles. The van der Waals surface area contributed by atoms with Crippen LogP contribution < -0.4 is 10.4 Å². The molecule has 0 saturated heterocycles. The number of aryl methyl sites for hydroxylation is 1. The fraction of sp³-hybridized carbons (Fsp3) is 0.211. The number of rotatable bonds is 3. The highest BCUT2D eigenvalue weighted by Crippen LogP contribution is 2.35. The van der Waals surface area contributed by atoms with Gasteiger partial charge in [-0.2, -0.15) is 0 Å². The Labute approximate surface area is 146 Å². The van der Waals surface area contributed by atoms with Gasteiger partial charge in [-0.1, -0.05) is 11.6 Å². The number of hydrogen-bond donors (Lipinski definition) is 0. The van der Waals surface area contributed by atoms with Crippen LogP contribution in [-0.4, -0.2) is 0 Å². The van der Waals surface area contributed by atoms with Gasteiger partial charge < -0.3 is 9.15 Å². The van der Waals surface area contributed by atoms with E-state index in [1.807, 2.05) is 0 Å². The quantitative estimate of drug-likeness (QED) is 0.629. The number of hydrogen-bond acceptors (Lipinski definition) is 3. The number of ether oxygens (including phenoxy) is 1. The van der Waals surface area contributed by atoms with Crippen LogP contribution in [0.3, 0.4) is 0 Å². The van der Waals surface area contributed by atoms with Gasteiger partial charge in [-0.25, -0.2) is 13.6 Å². The highest BCUT2D eigenvalue weighted by molar-refractivity contribution is 6.32. The largest absolute Gasteiger partial charge is 0.487 e. The lowest BCUT2D eigenvalue weighted by atomic mass is 10.1. The number of benzene rings is 2. The highest BCUT2D eigenvalue weighted by atomic mass is 35.5. The third kappa shape index (κ3) is 2.89. The van der Waals surface area contributed by atoms with Crippen molar-refractivity contribution in [2.75, 3.05) is 0 Å². The van der Waals surface area contributed by atoms with Crippen LogP contribution in [0.2, 0.25) is 5.02 Å². The average Bonchev–Trinajstić information content (AvgIpc) is 3.06. The van der Waals surface area contributed by atoms with Crippen LogP contribution >= 0.6 is 11.6 Å². The Hall–Kier alpha value is -2.40. The van der Waals surface area contributed by atoms with Crippen LogP contribution in [0.4, 0.5) is 8.78 Å². The van der Waals surface area contributed by atoms with Crippen LogP contribution in [0.25, 0.3) is 11.0 Å². The van der Waals surface area contributed by atoms with Crippen LogP contribution in [0.5, 0.6) is 5.75 Å². The van der Waals surface area contributed by atoms with E-state index in [0.717, 1.165) is 35.9 Å². The summed E-state index contributed by atoms with van der Waals surface area (Å²) in [6.07, 6.45) is 2.45. The molecule has 3 nitrogen and oxygen atoms in total. The first-order valence-corrected chi connectivity index (χ1v) is 8.25. The molecule has 0 radical (unpaired) electrons. The summed E-state index contributed by atoms with van der Waals surface area (Å²) >= 11 is 6.28. The molecule has 3 aromatic rings. The molecule has 0 fully saturated rings. The first-order chi connectivity index (χ1) is 12.0. The van der Waals surface area contributed by atoms with E-state index in [4.69, 9.17) is 20.8 Å². The fourth-order valence-corrected chi connectivity index (χ4v) is 3.41. The first-order valence-electron chi connectivity index (χ1n) is 7.88. The van der Waals surface area contributed by atoms with E-state index in [9.17, 15) is 13.6 Å². The Morgan fingerprint density at radius 3 is 2.72 bits per heavy atom. The minimum Gasteiger partial charge on any atom is -0.487 e. The fourth-order valence-electron chi connectivity index (χ4n) is 3.19. The van der Waals surface area contributed by atoms with Gasteiger partial charge in [0.15, 0.2) is 0 Å². The Balaban J connectivity index is 1.69. The summed E-state index contributed by atoms with van der Waals surface area (Å²) in [5.74, 6) is -1.07. The normalized spacial score (nSPS) is 13.2. The van der Waals surface area contributed by atoms with Gasteiger partial charge in [-0.3, -0.25) is 0 Å². The zero-order valence-electron chi connectivity index (χ0n) is 13.1. The molecule has 0 atom stereocenters. The SMILES string of the molecule is O=c1oc2cc(OCc3ccc(F)cc3F)c(Cl)cc2c2c1CCC2. The molecule has 0 bridgehead atoms. The molecule has 4 rings (SSSR count). The van der Waals surface area contributed by atoms with Crippen molar-refractivity contribution in [1.29, 1.82) is 0 Å². The van der Waals surface area contributed by atoms with Crippen molar-refractivity contribution in [2.24, 2.45) is 0 Å². The monoisotopic (exact) mass is 362 g/mol. The van der Waals surface area contributed by atoms with Gasteiger partial charge in [-0.15, -0.1) is 0 Å². The molecule has 0 amide bonds. The van der Waals surface area contributed by atoms with Crippen molar-refractivity contribution >= 4 is 22.6 Å². The lowest BCUT2D eigenvalue weighted by Gasteiger charge is -2.11. The van der Waals surface area contributed by atoms with E-state index in [-0.39, 0.29) is 23.5 Å². The molecule has 128 valence electrons. The van der Waals surface area contributed by atoms with E-state index in [2.05, 4.69) is 0 Å². The number of fused-ring (bicyclic) bond motifs is 3. The molecule has 1 aromatic heterocycles. The van der Waals surface area contributed by atoms with Gasteiger partial charge >= 0.3 is 5.63 Å². The molecule has 0 N–H and O–H groups in total. The number of halogens is 3. The molecule has 1 heterocycles. The second-order valence-electron chi connectivity index (χ2n) is 6.00. The van der Waals surface area contributed by atoms with Crippen molar-refractivity contribution < 1.29 is 17.9 Å². The second-order valence-corrected chi connectivity index (χ2v) is 6.41.